The Morgan fingerprint density at radius 2 is 1.60 bits per heavy atom. The molecule has 1 aliphatic heterocycles. The molecule has 0 radical (unpaired) electrons. The van der Waals surface area contributed by atoms with Gasteiger partial charge in [0.25, 0.3) is 11.8 Å². The molecular weight excluding hydrogens is 237 g/mol. The summed E-state index contributed by atoms with van der Waals surface area (Å²) in [5.41, 5.74) is 0. The Kier molecular flexibility index (Phi) is 4.34. The third-order valence-electron chi connectivity index (χ3n) is 1.44. The maximum absolute atomic E-state index is 10.3. The van der Waals surface area contributed by atoms with Gasteiger partial charge in [-0.3, -0.25) is 14.9 Å². The molecule has 1 aromatic carbocycles. The van der Waals surface area contributed by atoms with Gasteiger partial charge in [-0.2, -0.15) is 0 Å². The first-order valence-corrected chi connectivity index (χ1v) is 4.78. The highest BCUT2D eigenvalue weighted by Crippen LogP contribution is 2.05. The third kappa shape index (κ3) is 4.14. The molecule has 0 atom stereocenters. The summed E-state index contributed by atoms with van der Waals surface area (Å²) in [6.45, 7) is 0. The summed E-state index contributed by atoms with van der Waals surface area (Å²) < 4.78 is 0. The summed E-state index contributed by atoms with van der Waals surface area (Å²) in [6.07, 6.45) is 1.05. The highest BCUT2D eigenvalue weighted by atomic mass is 35.5. The third-order valence-corrected chi connectivity index (χ3v) is 1.98. The minimum atomic E-state index is -0.517. The number of carbonyl (C=O) groups is 2. The molecule has 15 heavy (non-hydrogen) atoms. The number of nitrogens with one attached hydrogen (secondary N) is 1. The van der Waals surface area contributed by atoms with Crippen LogP contribution in [0.1, 0.15) is 0 Å². The fourth-order valence-corrected chi connectivity index (χ4v) is 1.09. The van der Waals surface area contributed by atoms with Gasteiger partial charge >= 0.3 is 0 Å². The molecule has 78 valence electrons. The van der Waals surface area contributed by atoms with Crippen molar-refractivity contribution >= 4 is 35.0 Å². The molecule has 2 amide bonds. The van der Waals surface area contributed by atoms with Crippen LogP contribution in [0.4, 0.5) is 0 Å². The molecule has 1 aliphatic rings. The second-order valence-corrected chi connectivity index (χ2v) is 3.45. The summed E-state index contributed by atoms with van der Waals surface area (Å²) in [7, 11) is 0. The molecule has 0 aliphatic carbocycles. The molecular formula is C10H7Cl2NO2. The van der Waals surface area contributed by atoms with E-state index in [4.69, 9.17) is 23.2 Å². The van der Waals surface area contributed by atoms with Crippen molar-refractivity contribution in [3.63, 3.8) is 0 Å². The first-order valence-electron chi connectivity index (χ1n) is 4.02. The van der Waals surface area contributed by atoms with E-state index in [1.54, 1.807) is 0 Å². The van der Waals surface area contributed by atoms with Gasteiger partial charge in [-0.05, 0) is 12.1 Å². The van der Waals surface area contributed by atoms with Gasteiger partial charge in [-0.25, -0.2) is 0 Å². The van der Waals surface area contributed by atoms with Crippen molar-refractivity contribution in [2.45, 2.75) is 0 Å². The summed E-state index contributed by atoms with van der Waals surface area (Å²) in [5.74, 6) is -0.961. The molecule has 0 aromatic heterocycles. The van der Waals surface area contributed by atoms with Crippen LogP contribution in [0.25, 0.3) is 0 Å². The lowest BCUT2D eigenvalue weighted by Crippen LogP contribution is -2.21. The lowest BCUT2D eigenvalue weighted by Gasteiger charge is -1.82. The zero-order valence-corrected chi connectivity index (χ0v) is 9.05. The zero-order chi connectivity index (χ0) is 11.3. The van der Waals surface area contributed by atoms with Gasteiger partial charge in [0.1, 0.15) is 5.03 Å². The molecule has 0 bridgehead atoms. The van der Waals surface area contributed by atoms with Crippen molar-refractivity contribution < 1.29 is 9.59 Å². The number of carbonyl (C=O) groups excluding carboxylic acids is 2. The first-order chi connectivity index (χ1) is 7.09. The van der Waals surface area contributed by atoms with E-state index in [1.165, 1.54) is 0 Å². The van der Waals surface area contributed by atoms with Crippen molar-refractivity contribution in [3.05, 3.63) is 46.5 Å². The van der Waals surface area contributed by atoms with Crippen LogP contribution in [-0.2, 0) is 9.59 Å². The van der Waals surface area contributed by atoms with E-state index in [-0.39, 0.29) is 5.03 Å². The van der Waals surface area contributed by atoms with Crippen LogP contribution in [0.3, 0.4) is 0 Å². The topological polar surface area (TPSA) is 46.2 Å². The molecule has 0 spiro atoms. The highest BCUT2D eigenvalue weighted by Gasteiger charge is 2.17. The van der Waals surface area contributed by atoms with Crippen LogP contribution in [0.2, 0.25) is 5.02 Å². The van der Waals surface area contributed by atoms with Crippen LogP contribution in [0.5, 0.6) is 0 Å². The van der Waals surface area contributed by atoms with Crippen molar-refractivity contribution in [2.24, 2.45) is 0 Å². The smallest absolute Gasteiger partial charge is 0.269 e. The maximum Gasteiger partial charge on any atom is 0.269 e. The van der Waals surface area contributed by atoms with E-state index in [1.807, 2.05) is 35.6 Å². The first kappa shape index (κ1) is 11.8. The Hall–Kier alpha value is -1.32. The minimum Gasteiger partial charge on any atom is -0.288 e. The monoisotopic (exact) mass is 243 g/mol. The Morgan fingerprint density at radius 1 is 1.00 bits per heavy atom. The predicted molar refractivity (Wildman–Crippen MR) is 58.5 cm³/mol. The van der Waals surface area contributed by atoms with Crippen LogP contribution < -0.4 is 5.32 Å². The van der Waals surface area contributed by atoms with E-state index in [0.717, 1.165) is 11.1 Å². The lowest BCUT2D eigenvalue weighted by atomic mass is 10.4. The number of imide groups is 1. The highest BCUT2D eigenvalue weighted by molar-refractivity contribution is 6.46. The van der Waals surface area contributed by atoms with E-state index in [2.05, 4.69) is 0 Å². The Bertz CT molecular complexity index is 401. The molecule has 0 fully saturated rings. The molecule has 1 N–H and O–H groups in total. The molecule has 3 nitrogen and oxygen atoms in total. The van der Waals surface area contributed by atoms with E-state index in [0.29, 0.717) is 0 Å². The fraction of sp³-hybridized carbons (Fsp3) is 0. The Morgan fingerprint density at radius 3 is 1.80 bits per heavy atom. The number of rotatable bonds is 0. The molecule has 2 rings (SSSR count). The fourth-order valence-electron chi connectivity index (χ4n) is 0.803. The lowest BCUT2D eigenvalue weighted by molar-refractivity contribution is -0.123. The van der Waals surface area contributed by atoms with Gasteiger partial charge in [0.15, 0.2) is 0 Å². The summed E-state index contributed by atoms with van der Waals surface area (Å²) in [4.78, 5) is 20.4. The SMILES string of the molecule is Clc1ccccc1.O=C1C=C(Cl)C(=O)N1. The second kappa shape index (κ2) is 5.53. The van der Waals surface area contributed by atoms with Crippen LogP contribution >= 0.6 is 23.2 Å². The van der Waals surface area contributed by atoms with Crippen molar-refractivity contribution in [3.8, 4) is 0 Å². The van der Waals surface area contributed by atoms with Crippen molar-refractivity contribution in [2.75, 3.05) is 0 Å². The summed E-state index contributed by atoms with van der Waals surface area (Å²) in [5, 5.41) is 2.71. The molecule has 1 aromatic rings. The van der Waals surface area contributed by atoms with Gasteiger partial charge in [-0.1, -0.05) is 41.4 Å². The second-order valence-electron chi connectivity index (χ2n) is 2.61. The van der Waals surface area contributed by atoms with E-state index >= 15 is 0 Å². The van der Waals surface area contributed by atoms with Crippen LogP contribution in [0, 0.1) is 0 Å². The quantitative estimate of drug-likeness (QED) is 0.710. The van der Waals surface area contributed by atoms with Crippen LogP contribution in [-0.4, -0.2) is 11.8 Å². The minimum absolute atomic E-state index is 0.0463. The maximum atomic E-state index is 10.3. The molecule has 0 unspecified atom stereocenters. The van der Waals surface area contributed by atoms with E-state index in [9.17, 15) is 9.59 Å². The van der Waals surface area contributed by atoms with E-state index < -0.39 is 11.8 Å². The molecule has 0 saturated carbocycles. The van der Waals surface area contributed by atoms with Crippen molar-refractivity contribution in [1.82, 2.24) is 5.32 Å². The normalized spacial score (nSPS) is 13.9. The zero-order valence-electron chi connectivity index (χ0n) is 7.54. The summed E-state index contributed by atoms with van der Waals surface area (Å²) in [6, 6.07) is 9.44. The Labute approximate surface area is 96.7 Å². The summed E-state index contributed by atoms with van der Waals surface area (Å²) >= 11 is 10.7. The predicted octanol–water partition coefficient (Wildman–Crippen LogP) is 2.11. The van der Waals surface area contributed by atoms with Gasteiger partial charge in [0.05, 0.1) is 0 Å². The average Bonchev–Trinajstić information content (AvgIpc) is 2.46. The van der Waals surface area contributed by atoms with Gasteiger partial charge in [0, 0.05) is 11.1 Å². The standard InChI is InChI=1S/C6H5Cl.C4H2ClNO2/c7-6-4-2-1-3-5-6;5-2-1-3(7)6-4(2)8/h1-5H;1H,(H,6,7,8). The number of hydrogen-bond acceptors (Lipinski definition) is 2. The molecule has 0 saturated heterocycles. The number of amides is 2. The number of benzene rings is 1. The van der Waals surface area contributed by atoms with Crippen LogP contribution in [0.15, 0.2) is 41.4 Å². The molecule has 1 heterocycles. The average molecular weight is 244 g/mol. The van der Waals surface area contributed by atoms with Gasteiger partial charge < -0.3 is 0 Å². The Balaban J connectivity index is 0.000000151. The number of hydrogen-bond donors (Lipinski definition) is 1. The van der Waals surface area contributed by atoms with Gasteiger partial charge in [-0.15, -0.1) is 0 Å². The van der Waals surface area contributed by atoms with Gasteiger partial charge in [0.2, 0.25) is 0 Å². The van der Waals surface area contributed by atoms with Crippen molar-refractivity contribution in [1.29, 1.82) is 0 Å². The number of halogens is 2. The largest absolute Gasteiger partial charge is 0.288 e. The molecule has 5 heteroatoms.